The topological polar surface area (TPSA) is 116 Å². The van der Waals surface area contributed by atoms with Crippen LogP contribution < -0.4 is 16.0 Å². The summed E-state index contributed by atoms with van der Waals surface area (Å²) in [7, 11) is -4.03. The molecule has 1 saturated carbocycles. The van der Waals surface area contributed by atoms with Gasteiger partial charge in [0, 0.05) is 11.6 Å². The third-order valence-electron chi connectivity index (χ3n) is 5.22. The molecular formula is C19H19F3N4O5S. The molecule has 0 radical (unpaired) electrons. The maximum Gasteiger partial charge on any atom is 0.406 e. The summed E-state index contributed by atoms with van der Waals surface area (Å²) in [6.07, 6.45) is -3.46. The molecule has 9 nitrogen and oxygen atoms in total. The van der Waals surface area contributed by atoms with Gasteiger partial charge in [-0.3, -0.25) is 13.9 Å². The second kappa shape index (κ2) is 7.30. The molecule has 1 aliphatic carbocycles. The van der Waals surface area contributed by atoms with E-state index in [-0.39, 0.29) is 21.6 Å². The van der Waals surface area contributed by atoms with Crippen LogP contribution >= 0.6 is 0 Å². The summed E-state index contributed by atoms with van der Waals surface area (Å²) in [5.74, 6) is 0.0895. The van der Waals surface area contributed by atoms with Gasteiger partial charge in [0.25, 0.3) is 5.56 Å². The molecule has 13 heteroatoms. The summed E-state index contributed by atoms with van der Waals surface area (Å²) in [5.41, 5.74) is -2.59. The standard InChI is InChI=1S/C19H19F3N4O5S/c1-11-7-12(31-23-11)9-25-16(27)14-8-13(32(29,30)24-18(2)5-6-18)3-4-15(14)26(17(25)28)10-19(20,21)22/h3-4,7-8,24H,5-6,9-10H2,1-2H3. The number of aryl methyl sites for hydroxylation is 1. The maximum absolute atomic E-state index is 13.2. The van der Waals surface area contributed by atoms with Gasteiger partial charge in [-0.15, -0.1) is 0 Å². The number of fused-ring (bicyclic) bond motifs is 1. The van der Waals surface area contributed by atoms with Gasteiger partial charge in [0.15, 0.2) is 5.76 Å². The fraction of sp³-hybridized carbons (Fsp3) is 0.421. The van der Waals surface area contributed by atoms with Gasteiger partial charge in [-0.1, -0.05) is 5.16 Å². The van der Waals surface area contributed by atoms with Crippen LogP contribution in [0.5, 0.6) is 0 Å². The monoisotopic (exact) mass is 472 g/mol. The minimum Gasteiger partial charge on any atom is -0.359 e. The number of halogens is 3. The molecule has 1 aliphatic rings. The maximum atomic E-state index is 13.2. The number of benzene rings is 1. The first-order chi connectivity index (χ1) is 14.8. The zero-order chi connectivity index (χ0) is 23.5. The van der Waals surface area contributed by atoms with Crippen LogP contribution in [0.4, 0.5) is 13.2 Å². The van der Waals surface area contributed by atoms with E-state index in [1.54, 1.807) is 13.8 Å². The van der Waals surface area contributed by atoms with Gasteiger partial charge >= 0.3 is 11.9 Å². The number of rotatable bonds is 6. The molecule has 0 saturated heterocycles. The van der Waals surface area contributed by atoms with Gasteiger partial charge < -0.3 is 4.52 Å². The molecule has 0 unspecified atom stereocenters. The minimum absolute atomic E-state index is 0.0895. The summed E-state index contributed by atoms with van der Waals surface area (Å²) < 4.78 is 73.5. The van der Waals surface area contributed by atoms with E-state index >= 15 is 0 Å². The van der Waals surface area contributed by atoms with E-state index < -0.39 is 46.1 Å². The smallest absolute Gasteiger partial charge is 0.359 e. The lowest BCUT2D eigenvalue weighted by Crippen LogP contribution is -2.42. The third-order valence-corrected chi connectivity index (χ3v) is 6.85. The molecule has 2 heterocycles. The largest absolute Gasteiger partial charge is 0.406 e. The molecule has 0 atom stereocenters. The quantitative estimate of drug-likeness (QED) is 0.586. The Morgan fingerprint density at radius 2 is 1.88 bits per heavy atom. The van der Waals surface area contributed by atoms with Crippen LogP contribution in [0.2, 0.25) is 0 Å². The Bertz CT molecular complexity index is 1430. The SMILES string of the molecule is Cc1cc(Cn2c(=O)c3cc(S(=O)(=O)NC4(C)CC4)ccc3n(CC(F)(F)F)c2=O)on1. The van der Waals surface area contributed by atoms with Gasteiger partial charge in [-0.2, -0.15) is 13.2 Å². The molecule has 2 aromatic heterocycles. The predicted molar refractivity (Wildman–Crippen MR) is 107 cm³/mol. The van der Waals surface area contributed by atoms with E-state index in [1.165, 1.54) is 6.07 Å². The average Bonchev–Trinajstić information content (AvgIpc) is 3.25. The highest BCUT2D eigenvalue weighted by molar-refractivity contribution is 7.89. The van der Waals surface area contributed by atoms with Crippen LogP contribution in [0, 0.1) is 6.92 Å². The molecule has 32 heavy (non-hydrogen) atoms. The van der Waals surface area contributed by atoms with Gasteiger partial charge in [0.1, 0.15) is 6.54 Å². The van der Waals surface area contributed by atoms with Gasteiger partial charge in [-0.05, 0) is 44.9 Å². The van der Waals surface area contributed by atoms with Crippen LogP contribution in [0.15, 0.2) is 43.3 Å². The van der Waals surface area contributed by atoms with E-state index in [1.807, 2.05) is 0 Å². The lowest BCUT2D eigenvalue weighted by atomic mass is 10.2. The first-order valence-electron chi connectivity index (χ1n) is 9.58. The zero-order valence-corrected chi connectivity index (χ0v) is 17.9. The van der Waals surface area contributed by atoms with Crippen LogP contribution in [-0.2, 0) is 23.1 Å². The van der Waals surface area contributed by atoms with Crippen molar-refractivity contribution in [2.45, 2.75) is 56.4 Å². The van der Waals surface area contributed by atoms with Crippen molar-refractivity contribution in [2.24, 2.45) is 0 Å². The molecule has 1 aromatic carbocycles. The van der Waals surface area contributed by atoms with E-state index in [4.69, 9.17) is 4.52 Å². The van der Waals surface area contributed by atoms with E-state index in [9.17, 15) is 31.2 Å². The Balaban J connectivity index is 1.92. The van der Waals surface area contributed by atoms with E-state index in [0.29, 0.717) is 27.7 Å². The molecule has 1 N–H and O–H groups in total. The highest BCUT2D eigenvalue weighted by Crippen LogP contribution is 2.36. The van der Waals surface area contributed by atoms with Gasteiger partial charge in [-0.25, -0.2) is 17.9 Å². The molecular weight excluding hydrogens is 453 g/mol. The number of nitrogens with zero attached hydrogens (tertiary/aromatic N) is 3. The van der Waals surface area contributed by atoms with E-state index in [0.717, 1.165) is 18.2 Å². The summed E-state index contributed by atoms with van der Waals surface area (Å²) in [6.45, 7) is 1.21. The highest BCUT2D eigenvalue weighted by Gasteiger charge is 2.41. The minimum atomic E-state index is -4.76. The van der Waals surface area contributed by atoms with Crippen LogP contribution in [0.1, 0.15) is 31.2 Å². The van der Waals surface area contributed by atoms with Crippen molar-refractivity contribution in [1.82, 2.24) is 19.0 Å². The fourth-order valence-electron chi connectivity index (χ4n) is 3.36. The number of sulfonamides is 1. The van der Waals surface area contributed by atoms with Gasteiger partial charge in [0.05, 0.1) is 28.0 Å². The summed E-state index contributed by atoms with van der Waals surface area (Å²) in [4.78, 5) is 25.6. The first kappa shape index (κ1) is 22.3. The Hall–Kier alpha value is -2.93. The third kappa shape index (κ3) is 4.35. The lowest BCUT2D eigenvalue weighted by Gasteiger charge is -2.16. The van der Waals surface area contributed by atoms with Crippen molar-refractivity contribution in [3.05, 3.63) is 56.6 Å². The second-order valence-corrected chi connectivity index (χ2v) is 9.84. The van der Waals surface area contributed by atoms with Crippen LogP contribution in [-0.4, -0.2) is 34.4 Å². The number of aromatic nitrogens is 3. The first-order valence-corrected chi connectivity index (χ1v) is 11.1. The zero-order valence-electron chi connectivity index (χ0n) is 17.1. The van der Waals surface area contributed by atoms with Crippen LogP contribution in [0.25, 0.3) is 10.9 Å². The Labute approximate surface area is 179 Å². The Morgan fingerprint density at radius 1 is 1.19 bits per heavy atom. The molecule has 172 valence electrons. The Morgan fingerprint density at radius 3 is 2.44 bits per heavy atom. The fourth-order valence-corrected chi connectivity index (χ4v) is 4.85. The van der Waals surface area contributed by atoms with Crippen molar-refractivity contribution < 1.29 is 26.1 Å². The molecule has 0 bridgehead atoms. The van der Waals surface area contributed by atoms with Crippen molar-refractivity contribution in [3.63, 3.8) is 0 Å². The molecule has 3 aromatic rings. The highest BCUT2D eigenvalue weighted by atomic mass is 32.2. The van der Waals surface area contributed by atoms with E-state index in [2.05, 4.69) is 9.88 Å². The summed E-state index contributed by atoms with van der Waals surface area (Å²) in [5, 5.41) is 3.30. The second-order valence-electron chi connectivity index (χ2n) is 8.15. The normalized spacial score (nSPS) is 15.9. The van der Waals surface area contributed by atoms with Crippen molar-refractivity contribution in [1.29, 1.82) is 0 Å². The molecule has 4 rings (SSSR count). The number of alkyl halides is 3. The lowest BCUT2D eigenvalue weighted by molar-refractivity contribution is -0.140. The molecule has 1 fully saturated rings. The summed E-state index contributed by atoms with van der Waals surface area (Å²) in [6, 6.07) is 4.54. The average molecular weight is 472 g/mol. The number of hydrogen-bond donors (Lipinski definition) is 1. The molecule has 0 aliphatic heterocycles. The van der Waals surface area contributed by atoms with Crippen molar-refractivity contribution in [2.75, 3.05) is 0 Å². The molecule has 0 spiro atoms. The van der Waals surface area contributed by atoms with Crippen LogP contribution in [0.3, 0.4) is 0 Å². The molecule has 0 amide bonds. The summed E-state index contributed by atoms with van der Waals surface area (Å²) >= 11 is 0. The number of hydrogen-bond acceptors (Lipinski definition) is 6. The number of nitrogens with one attached hydrogen (secondary N) is 1. The van der Waals surface area contributed by atoms with Crippen molar-refractivity contribution >= 4 is 20.9 Å². The Kier molecular flexibility index (Phi) is 5.08. The predicted octanol–water partition coefficient (Wildman–Crippen LogP) is 1.90. The van der Waals surface area contributed by atoms with Gasteiger partial charge in [0.2, 0.25) is 10.0 Å². The van der Waals surface area contributed by atoms with Crippen molar-refractivity contribution in [3.8, 4) is 0 Å².